The third kappa shape index (κ3) is 8.23. The highest BCUT2D eigenvalue weighted by molar-refractivity contribution is 5.95. The molecule has 162 valence electrons. The van der Waals surface area contributed by atoms with Gasteiger partial charge < -0.3 is 14.8 Å². The number of urea groups is 1. The molecule has 0 atom stereocenters. The minimum atomic E-state index is -2.94. The van der Waals surface area contributed by atoms with Gasteiger partial charge in [0.15, 0.2) is 11.5 Å². The fourth-order valence-corrected chi connectivity index (χ4v) is 2.82. The molecule has 0 radical (unpaired) electrons. The maximum atomic E-state index is 12.6. The zero-order valence-electron chi connectivity index (χ0n) is 17.3. The first-order valence-corrected chi connectivity index (χ1v) is 9.64. The SMILES string of the molecule is CCOc1cc(CN(CC(=O)NC(=O)NC(C)(C)C)C2CC2)ccc1OC(F)F. The number of nitrogens with one attached hydrogen (secondary N) is 2. The van der Waals surface area contributed by atoms with Gasteiger partial charge in [-0.05, 0) is 58.2 Å². The van der Waals surface area contributed by atoms with Gasteiger partial charge in [0.2, 0.25) is 5.91 Å². The van der Waals surface area contributed by atoms with E-state index in [0.717, 1.165) is 18.4 Å². The van der Waals surface area contributed by atoms with Crippen molar-refractivity contribution in [2.45, 2.75) is 65.3 Å². The molecule has 2 N–H and O–H groups in total. The summed E-state index contributed by atoms with van der Waals surface area (Å²) in [6, 6.07) is 4.46. The Hall–Kier alpha value is -2.42. The van der Waals surface area contributed by atoms with Gasteiger partial charge in [-0.1, -0.05) is 6.07 Å². The Morgan fingerprint density at radius 2 is 1.93 bits per heavy atom. The second-order valence-corrected chi connectivity index (χ2v) is 7.98. The molecular formula is C20H29F2N3O4. The Morgan fingerprint density at radius 1 is 1.24 bits per heavy atom. The van der Waals surface area contributed by atoms with Crippen LogP contribution in [0.2, 0.25) is 0 Å². The highest BCUT2D eigenvalue weighted by Crippen LogP contribution is 2.32. The van der Waals surface area contributed by atoms with Crippen molar-refractivity contribution < 1.29 is 27.8 Å². The van der Waals surface area contributed by atoms with Gasteiger partial charge in [-0.15, -0.1) is 0 Å². The summed E-state index contributed by atoms with van der Waals surface area (Å²) in [6.07, 6.45) is 1.93. The molecule has 0 saturated heterocycles. The van der Waals surface area contributed by atoms with E-state index in [9.17, 15) is 18.4 Å². The number of hydrogen-bond acceptors (Lipinski definition) is 5. The van der Waals surface area contributed by atoms with Gasteiger partial charge in [-0.2, -0.15) is 8.78 Å². The van der Waals surface area contributed by atoms with E-state index in [1.165, 1.54) is 6.07 Å². The van der Waals surface area contributed by atoms with Crippen molar-refractivity contribution in [3.8, 4) is 11.5 Å². The maximum Gasteiger partial charge on any atom is 0.387 e. The van der Waals surface area contributed by atoms with Gasteiger partial charge in [0, 0.05) is 18.1 Å². The minimum Gasteiger partial charge on any atom is -0.490 e. The predicted molar refractivity (Wildman–Crippen MR) is 104 cm³/mol. The fraction of sp³-hybridized carbons (Fsp3) is 0.600. The van der Waals surface area contributed by atoms with E-state index in [0.29, 0.717) is 13.2 Å². The van der Waals surface area contributed by atoms with Crippen molar-refractivity contribution in [2.75, 3.05) is 13.2 Å². The summed E-state index contributed by atoms with van der Waals surface area (Å²) in [6.45, 7) is 5.07. The monoisotopic (exact) mass is 413 g/mol. The number of carbonyl (C=O) groups excluding carboxylic acids is 2. The van der Waals surface area contributed by atoms with E-state index in [2.05, 4.69) is 15.4 Å². The smallest absolute Gasteiger partial charge is 0.387 e. The summed E-state index contributed by atoms with van der Waals surface area (Å²) in [5, 5.41) is 5.02. The van der Waals surface area contributed by atoms with Crippen molar-refractivity contribution in [2.24, 2.45) is 0 Å². The molecule has 9 heteroatoms. The van der Waals surface area contributed by atoms with Crippen LogP contribution in [-0.4, -0.2) is 48.2 Å². The predicted octanol–water partition coefficient (Wildman–Crippen LogP) is 3.28. The number of carbonyl (C=O) groups is 2. The van der Waals surface area contributed by atoms with Crippen LogP contribution < -0.4 is 20.1 Å². The zero-order valence-corrected chi connectivity index (χ0v) is 17.3. The number of nitrogens with zero attached hydrogens (tertiary/aromatic N) is 1. The van der Waals surface area contributed by atoms with E-state index in [1.54, 1.807) is 19.1 Å². The molecular weight excluding hydrogens is 384 g/mol. The lowest BCUT2D eigenvalue weighted by molar-refractivity contribution is -0.121. The minimum absolute atomic E-state index is 0.0276. The molecule has 0 unspecified atom stereocenters. The Bertz CT molecular complexity index is 718. The lowest BCUT2D eigenvalue weighted by atomic mass is 10.1. The summed E-state index contributed by atoms with van der Waals surface area (Å²) >= 11 is 0. The van der Waals surface area contributed by atoms with Gasteiger partial charge in [0.05, 0.1) is 13.2 Å². The van der Waals surface area contributed by atoms with Crippen molar-refractivity contribution in [1.29, 1.82) is 0 Å². The van der Waals surface area contributed by atoms with Crippen LogP contribution in [-0.2, 0) is 11.3 Å². The first kappa shape index (κ1) is 22.9. The molecule has 2 rings (SSSR count). The average Bonchev–Trinajstić information content (AvgIpc) is 3.39. The topological polar surface area (TPSA) is 79.9 Å². The van der Waals surface area contributed by atoms with Crippen LogP contribution in [0.1, 0.15) is 46.1 Å². The lowest BCUT2D eigenvalue weighted by Crippen LogP contribution is -2.50. The van der Waals surface area contributed by atoms with Crippen LogP contribution in [0.4, 0.5) is 13.6 Å². The van der Waals surface area contributed by atoms with Gasteiger partial charge in [-0.25, -0.2) is 4.79 Å². The van der Waals surface area contributed by atoms with E-state index >= 15 is 0 Å². The molecule has 0 heterocycles. The molecule has 0 aliphatic heterocycles. The highest BCUT2D eigenvalue weighted by Gasteiger charge is 2.31. The van der Waals surface area contributed by atoms with Crippen LogP contribution in [0.3, 0.4) is 0 Å². The number of alkyl halides is 2. The Balaban J connectivity index is 2.02. The molecule has 3 amide bonds. The van der Waals surface area contributed by atoms with Gasteiger partial charge in [0.25, 0.3) is 0 Å². The molecule has 1 aliphatic carbocycles. The molecule has 1 fully saturated rings. The Kier molecular flexibility index (Phi) is 7.78. The largest absolute Gasteiger partial charge is 0.490 e. The third-order valence-corrected chi connectivity index (χ3v) is 4.06. The number of ether oxygens (including phenoxy) is 2. The molecule has 1 aromatic carbocycles. The summed E-state index contributed by atoms with van der Waals surface area (Å²) < 4.78 is 35.0. The number of rotatable bonds is 9. The van der Waals surface area contributed by atoms with Crippen molar-refractivity contribution >= 4 is 11.9 Å². The zero-order chi connectivity index (χ0) is 21.6. The fourth-order valence-electron chi connectivity index (χ4n) is 2.82. The molecule has 1 aromatic rings. The molecule has 1 saturated carbocycles. The third-order valence-electron chi connectivity index (χ3n) is 4.06. The quantitative estimate of drug-likeness (QED) is 0.650. The van der Waals surface area contributed by atoms with Crippen LogP contribution >= 0.6 is 0 Å². The van der Waals surface area contributed by atoms with E-state index in [-0.39, 0.29) is 24.1 Å². The van der Waals surface area contributed by atoms with E-state index < -0.39 is 24.1 Å². The van der Waals surface area contributed by atoms with Crippen molar-refractivity contribution in [1.82, 2.24) is 15.5 Å². The number of imide groups is 1. The van der Waals surface area contributed by atoms with Crippen LogP contribution in [0.15, 0.2) is 18.2 Å². The van der Waals surface area contributed by atoms with Gasteiger partial charge in [0.1, 0.15) is 0 Å². The molecule has 0 spiro atoms. The summed E-state index contributed by atoms with van der Waals surface area (Å²) in [4.78, 5) is 26.1. The molecule has 29 heavy (non-hydrogen) atoms. The summed E-state index contributed by atoms with van der Waals surface area (Å²) in [5.74, 6) is -0.198. The summed E-state index contributed by atoms with van der Waals surface area (Å²) in [5.41, 5.74) is 0.354. The molecule has 1 aliphatic rings. The summed E-state index contributed by atoms with van der Waals surface area (Å²) in [7, 11) is 0. The van der Waals surface area contributed by atoms with Crippen LogP contribution in [0.25, 0.3) is 0 Å². The first-order valence-electron chi connectivity index (χ1n) is 9.64. The Morgan fingerprint density at radius 3 is 2.48 bits per heavy atom. The van der Waals surface area contributed by atoms with Crippen molar-refractivity contribution in [3.05, 3.63) is 23.8 Å². The van der Waals surface area contributed by atoms with Gasteiger partial charge in [-0.3, -0.25) is 15.0 Å². The molecule has 0 aromatic heterocycles. The van der Waals surface area contributed by atoms with Crippen molar-refractivity contribution in [3.63, 3.8) is 0 Å². The first-order chi connectivity index (χ1) is 13.6. The second-order valence-electron chi connectivity index (χ2n) is 7.98. The molecule has 7 nitrogen and oxygen atoms in total. The van der Waals surface area contributed by atoms with E-state index in [4.69, 9.17) is 4.74 Å². The molecule has 0 bridgehead atoms. The number of amides is 3. The maximum absolute atomic E-state index is 12.6. The number of benzene rings is 1. The number of hydrogen-bond donors (Lipinski definition) is 2. The van der Waals surface area contributed by atoms with E-state index in [1.807, 2.05) is 25.7 Å². The Labute approximate surface area is 169 Å². The normalized spacial score (nSPS) is 14.1. The van der Waals surface area contributed by atoms with Gasteiger partial charge >= 0.3 is 12.6 Å². The second kappa shape index (κ2) is 9.87. The highest BCUT2D eigenvalue weighted by atomic mass is 19.3. The average molecular weight is 413 g/mol. The van der Waals surface area contributed by atoms with Crippen LogP contribution in [0.5, 0.6) is 11.5 Å². The lowest BCUT2D eigenvalue weighted by Gasteiger charge is -2.23. The van der Waals surface area contributed by atoms with Crippen LogP contribution in [0, 0.1) is 0 Å². The standard InChI is InChI=1S/C20H29F2N3O4/c1-5-28-16-10-13(6-9-15(16)29-18(21)22)11-25(14-7-8-14)12-17(26)23-19(27)24-20(2,3)4/h6,9-10,14,18H,5,7-8,11-12H2,1-4H3,(H2,23,24,26,27). The number of halogens is 2.